The third kappa shape index (κ3) is 4.60. The van der Waals surface area contributed by atoms with Crippen molar-refractivity contribution in [3.05, 3.63) is 58.6 Å². The molecule has 0 saturated heterocycles. The minimum Gasteiger partial charge on any atom is -0.484 e. The Balaban J connectivity index is 1.90. The molecule has 2 aromatic carbocycles. The SMILES string of the molecule is CC(C)(C)c1ccc(OCC(=O)Nc2ccccc2Br)cc1. The molecule has 4 heteroatoms. The maximum Gasteiger partial charge on any atom is 0.262 e. The maximum absolute atomic E-state index is 11.9. The molecular weight excluding hydrogens is 342 g/mol. The topological polar surface area (TPSA) is 38.3 Å². The lowest BCUT2D eigenvalue weighted by Gasteiger charge is -2.19. The summed E-state index contributed by atoms with van der Waals surface area (Å²) in [7, 11) is 0. The number of carbonyl (C=O) groups excluding carboxylic acids is 1. The normalized spacial score (nSPS) is 11.1. The van der Waals surface area contributed by atoms with Gasteiger partial charge in [0.2, 0.25) is 0 Å². The number of halogens is 1. The first-order chi connectivity index (χ1) is 10.4. The quantitative estimate of drug-likeness (QED) is 0.851. The van der Waals surface area contributed by atoms with Gasteiger partial charge in [0.05, 0.1) is 5.69 Å². The largest absolute Gasteiger partial charge is 0.484 e. The van der Waals surface area contributed by atoms with Crippen molar-refractivity contribution in [2.45, 2.75) is 26.2 Å². The van der Waals surface area contributed by atoms with Crippen LogP contribution in [-0.4, -0.2) is 12.5 Å². The van der Waals surface area contributed by atoms with Gasteiger partial charge < -0.3 is 10.1 Å². The molecule has 0 fully saturated rings. The van der Waals surface area contributed by atoms with Crippen molar-refractivity contribution in [1.82, 2.24) is 0 Å². The Labute approximate surface area is 139 Å². The molecular formula is C18H20BrNO2. The fraction of sp³-hybridized carbons (Fsp3) is 0.278. The van der Waals surface area contributed by atoms with Crippen LogP contribution >= 0.6 is 15.9 Å². The zero-order chi connectivity index (χ0) is 16.2. The van der Waals surface area contributed by atoms with E-state index in [0.29, 0.717) is 5.75 Å². The fourth-order valence-electron chi connectivity index (χ4n) is 1.95. The van der Waals surface area contributed by atoms with Gasteiger partial charge in [0.25, 0.3) is 5.91 Å². The smallest absolute Gasteiger partial charge is 0.262 e. The summed E-state index contributed by atoms with van der Waals surface area (Å²) < 4.78 is 6.37. The van der Waals surface area contributed by atoms with Gasteiger partial charge in [-0.1, -0.05) is 45.0 Å². The summed E-state index contributed by atoms with van der Waals surface area (Å²) in [6, 6.07) is 15.3. The summed E-state index contributed by atoms with van der Waals surface area (Å²) in [5, 5.41) is 2.81. The second kappa shape index (κ2) is 6.97. The molecule has 0 aliphatic heterocycles. The molecule has 116 valence electrons. The molecule has 0 spiro atoms. The van der Waals surface area contributed by atoms with Crippen LogP contribution in [0.15, 0.2) is 53.0 Å². The summed E-state index contributed by atoms with van der Waals surface area (Å²) >= 11 is 3.39. The molecule has 2 aromatic rings. The third-order valence-corrected chi connectivity index (χ3v) is 3.93. The first-order valence-electron chi connectivity index (χ1n) is 7.14. The minimum absolute atomic E-state index is 0.0177. The lowest BCUT2D eigenvalue weighted by molar-refractivity contribution is -0.118. The zero-order valence-corrected chi connectivity index (χ0v) is 14.6. The molecule has 3 nitrogen and oxygen atoms in total. The van der Waals surface area contributed by atoms with Gasteiger partial charge in [-0.2, -0.15) is 0 Å². The fourth-order valence-corrected chi connectivity index (χ4v) is 2.33. The number of nitrogens with one attached hydrogen (secondary N) is 1. The average molecular weight is 362 g/mol. The number of hydrogen-bond donors (Lipinski definition) is 1. The van der Waals surface area contributed by atoms with Crippen LogP contribution in [0.25, 0.3) is 0 Å². The number of rotatable bonds is 4. The molecule has 0 saturated carbocycles. The number of benzene rings is 2. The highest BCUT2D eigenvalue weighted by molar-refractivity contribution is 9.10. The molecule has 1 amide bonds. The van der Waals surface area contributed by atoms with Gasteiger partial charge in [-0.15, -0.1) is 0 Å². The van der Waals surface area contributed by atoms with E-state index in [4.69, 9.17) is 4.74 Å². The summed E-state index contributed by atoms with van der Waals surface area (Å²) in [4.78, 5) is 11.9. The van der Waals surface area contributed by atoms with Gasteiger partial charge in [0, 0.05) is 4.47 Å². The second-order valence-electron chi connectivity index (χ2n) is 6.09. The van der Waals surface area contributed by atoms with E-state index >= 15 is 0 Å². The molecule has 2 rings (SSSR count). The van der Waals surface area contributed by atoms with Crippen LogP contribution in [-0.2, 0) is 10.2 Å². The van der Waals surface area contributed by atoms with E-state index in [1.54, 1.807) is 0 Å². The van der Waals surface area contributed by atoms with E-state index in [9.17, 15) is 4.79 Å². The van der Waals surface area contributed by atoms with E-state index < -0.39 is 0 Å². The van der Waals surface area contributed by atoms with Gasteiger partial charge in [0.1, 0.15) is 5.75 Å². The number of ether oxygens (including phenoxy) is 1. The van der Waals surface area contributed by atoms with Gasteiger partial charge in [-0.25, -0.2) is 0 Å². The van der Waals surface area contributed by atoms with Gasteiger partial charge in [-0.3, -0.25) is 4.79 Å². The Morgan fingerprint density at radius 1 is 1.09 bits per heavy atom. The molecule has 0 unspecified atom stereocenters. The summed E-state index contributed by atoms with van der Waals surface area (Å²) in [6.07, 6.45) is 0. The van der Waals surface area contributed by atoms with Gasteiger partial charge >= 0.3 is 0 Å². The predicted molar refractivity (Wildman–Crippen MR) is 93.4 cm³/mol. The first-order valence-corrected chi connectivity index (χ1v) is 7.93. The Kier molecular flexibility index (Phi) is 5.24. The van der Waals surface area contributed by atoms with Crippen molar-refractivity contribution in [2.24, 2.45) is 0 Å². The minimum atomic E-state index is -0.188. The van der Waals surface area contributed by atoms with Crippen LogP contribution in [0.2, 0.25) is 0 Å². The van der Waals surface area contributed by atoms with E-state index in [1.807, 2.05) is 48.5 Å². The molecule has 22 heavy (non-hydrogen) atoms. The van der Waals surface area contributed by atoms with Gasteiger partial charge in [0.15, 0.2) is 6.61 Å². The van der Waals surface area contributed by atoms with Gasteiger partial charge in [-0.05, 0) is 51.2 Å². The van der Waals surface area contributed by atoms with Crippen molar-refractivity contribution in [1.29, 1.82) is 0 Å². The lowest BCUT2D eigenvalue weighted by atomic mass is 9.87. The highest BCUT2D eigenvalue weighted by Gasteiger charge is 2.13. The van der Waals surface area contributed by atoms with E-state index in [0.717, 1.165) is 10.2 Å². The summed E-state index contributed by atoms with van der Waals surface area (Å²) in [5.41, 5.74) is 2.08. The van der Waals surface area contributed by atoms with Crippen LogP contribution in [0.4, 0.5) is 5.69 Å². The Morgan fingerprint density at radius 3 is 2.32 bits per heavy atom. The van der Waals surface area contributed by atoms with Crippen LogP contribution in [0.5, 0.6) is 5.75 Å². The third-order valence-electron chi connectivity index (χ3n) is 3.24. The number of anilines is 1. The Bertz CT molecular complexity index is 645. The van der Waals surface area contributed by atoms with E-state index in [-0.39, 0.29) is 17.9 Å². The van der Waals surface area contributed by atoms with Crippen LogP contribution in [0.3, 0.4) is 0 Å². The average Bonchev–Trinajstić information content (AvgIpc) is 2.47. The number of para-hydroxylation sites is 1. The summed E-state index contributed by atoms with van der Waals surface area (Å²) in [5.74, 6) is 0.502. The summed E-state index contributed by atoms with van der Waals surface area (Å²) in [6.45, 7) is 6.46. The van der Waals surface area contributed by atoms with Crippen LogP contribution in [0.1, 0.15) is 26.3 Å². The predicted octanol–water partition coefficient (Wildman–Crippen LogP) is 4.76. The zero-order valence-electron chi connectivity index (χ0n) is 13.0. The molecule has 0 heterocycles. The van der Waals surface area contributed by atoms with Crippen molar-refractivity contribution in [3.63, 3.8) is 0 Å². The Morgan fingerprint density at radius 2 is 1.73 bits per heavy atom. The van der Waals surface area contributed by atoms with Crippen LogP contribution < -0.4 is 10.1 Å². The number of carbonyl (C=O) groups is 1. The highest BCUT2D eigenvalue weighted by atomic mass is 79.9. The molecule has 0 aromatic heterocycles. The van der Waals surface area contributed by atoms with Crippen molar-refractivity contribution < 1.29 is 9.53 Å². The monoisotopic (exact) mass is 361 g/mol. The first kappa shape index (κ1) is 16.6. The van der Waals surface area contributed by atoms with Crippen molar-refractivity contribution >= 4 is 27.5 Å². The number of amides is 1. The standard InChI is InChI=1S/C18H20BrNO2/c1-18(2,3)13-8-10-14(11-9-13)22-12-17(21)20-16-7-5-4-6-15(16)19/h4-11H,12H2,1-3H3,(H,20,21). The lowest BCUT2D eigenvalue weighted by Crippen LogP contribution is -2.20. The van der Waals surface area contributed by atoms with E-state index in [1.165, 1.54) is 5.56 Å². The molecule has 0 aliphatic carbocycles. The molecule has 1 N–H and O–H groups in total. The molecule has 0 radical (unpaired) electrons. The van der Waals surface area contributed by atoms with Crippen molar-refractivity contribution in [2.75, 3.05) is 11.9 Å². The molecule has 0 aliphatic rings. The second-order valence-corrected chi connectivity index (χ2v) is 6.95. The van der Waals surface area contributed by atoms with Crippen LogP contribution in [0, 0.1) is 0 Å². The number of hydrogen-bond acceptors (Lipinski definition) is 2. The van der Waals surface area contributed by atoms with Crippen molar-refractivity contribution in [3.8, 4) is 5.75 Å². The maximum atomic E-state index is 11.9. The molecule has 0 bridgehead atoms. The highest BCUT2D eigenvalue weighted by Crippen LogP contribution is 2.24. The molecule has 0 atom stereocenters. The Hall–Kier alpha value is -1.81. The van der Waals surface area contributed by atoms with E-state index in [2.05, 4.69) is 42.0 Å².